The summed E-state index contributed by atoms with van der Waals surface area (Å²) in [5.74, 6) is -0.981. The molecule has 0 aromatic rings. The van der Waals surface area contributed by atoms with E-state index in [1.54, 1.807) is 0 Å². The van der Waals surface area contributed by atoms with E-state index >= 15 is 0 Å². The molecule has 8 heteroatoms. The van der Waals surface area contributed by atoms with Crippen molar-refractivity contribution in [2.24, 2.45) is 0 Å². The number of rotatable bonds is 5. The van der Waals surface area contributed by atoms with Crippen molar-refractivity contribution in [1.82, 2.24) is 0 Å². The highest BCUT2D eigenvalue weighted by atomic mass is 31.2. The van der Waals surface area contributed by atoms with Crippen LogP contribution in [-0.2, 0) is 13.9 Å². The van der Waals surface area contributed by atoms with E-state index in [9.17, 15) is 14.3 Å². The molecule has 0 aliphatic heterocycles. The van der Waals surface area contributed by atoms with Gasteiger partial charge in [-0.2, -0.15) is 0 Å². The van der Waals surface area contributed by atoms with Crippen molar-refractivity contribution in [3.05, 3.63) is 12.7 Å². The largest absolute Gasteiger partial charge is 0.756 e. The van der Waals surface area contributed by atoms with Gasteiger partial charge in [0.1, 0.15) is 13.2 Å². The zero-order valence-electron chi connectivity index (χ0n) is 9.62. The molecular formula is C8H18NO6P. The van der Waals surface area contributed by atoms with Gasteiger partial charge in [-0.1, -0.05) is 6.58 Å². The number of hydrogen-bond donors (Lipinski definition) is 2. The molecule has 0 radical (unpaired) electrons. The molecule has 0 spiro atoms. The summed E-state index contributed by atoms with van der Waals surface area (Å²) in [4.78, 5) is 27.5. The molecule has 0 heterocycles. The molecule has 1 unspecified atom stereocenters. The van der Waals surface area contributed by atoms with Crippen LogP contribution in [0, 0.1) is 0 Å². The van der Waals surface area contributed by atoms with Gasteiger partial charge in [-0.3, -0.25) is 4.57 Å². The first kappa shape index (κ1) is 17.7. The first-order valence-electron chi connectivity index (χ1n) is 4.32. The highest BCUT2D eigenvalue weighted by molar-refractivity contribution is 7.44. The number of carbonyl (C=O) groups is 1. The Morgan fingerprint density at radius 3 is 2.12 bits per heavy atom. The minimum Gasteiger partial charge on any atom is -0.756 e. The van der Waals surface area contributed by atoms with Crippen LogP contribution in [0.5, 0.6) is 0 Å². The lowest BCUT2D eigenvalue weighted by Crippen LogP contribution is -2.37. The fourth-order valence-electron chi connectivity index (χ4n) is 0.430. The molecule has 0 aromatic carbocycles. The minimum atomic E-state index is -4.51. The van der Waals surface area contributed by atoms with E-state index in [1.807, 2.05) is 21.1 Å². The zero-order valence-corrected chi connectivity index (χ0v) is 10.5. The fourth-order valence-corrected chi connectivity index (χ4v) is 0.742. The van der Waals surface area contributed by atoms with Gasteiger partial charge in [0.2, 0.25) is 0 Å². The van der Waals surface area contributed by atoms with Crippen LogP contribution in [0.1, 0.15) is 0 Å². The van der Waals surface area contributed by atoms with Crippen LogP contribution in [0.3, 0.4) is 0 Å². The minimum absolute atomic E-state index is 0.0147. The SMILES string of the molecule is C=CC(=O)O.C[N+](C)(C)CCOP(=O)([O-])O. The summed E-state index contributed by atoms with van der Waals surface area (Å²) in [6, 6.07) is 0. The first-order valence-corrected chi connectivity index (χ1v) is 5.81. The third-order valence-electron chi connectivity index (χ3n) is 1.19. The first-order chi connectivity index (χ1) is 6.98. The van der Waals surface area contributed by atoms with Crippen LogP contribution < -0.4 is 4.89 Å². The molecule has 0 fully saturated rings. The van der Waals surface area contributed by atoms with Crippen molar-refractivity contribution in [3.8, 4) is 0 Å². The Labute approximate surface area is 94.8 Å². The highest BCUT2D eigenvalue weighted by Gasteiger charge is 2.08. The van der Waals surface area contributed by atoms with Gasteiger partial charge >= 0.3 is 5.97 Å². The van der Waals surface area contributed by atoms with E-state index in [0.29, 0.717) is 11.0 Å². The summed E-state index contributed by atoms with van der Waals surface area (Å²) in [7, 11) is 1.19. The molecule has 0 rings (SSSR count). The molecule has 16 heavy (non-hydrogen) atoms. The monoisotopic (exact) mass is 255 g/mol. The normalized spacial score (nSPS) is 14.3. The molecule has 0 bridgehead atoms. The predicted octanol–water partition coefficient (Wildman–Crippen LogP) is -0.573. The number of likely N-dealkylation sites (N-methyl/N-ethyl adjacent to an activating group) is 1. The lowest BCUT2D eigenvalue weighted by Gasteiger charge is -2.25. The average molecular weight is 255 g/mol. The predicted molar refractivity (Wildman–Crippen MR) is 56.5 cm³/mol. The maximum atomic E-state index is 10.1. The summed E-state index contributed by atoms with van der Waals surface area (Å²) >= 11 is 0. The molecule has 2 N–H and O–H groups in total. The summed E-state index contributed by atoms with van der Waals surface area (Å²) in [5.41, 5.74) is 0. The molecule has 0 aliphatic rings. The Balaban J connectivity index is 0. The third kappa shape index (κ3) is 23.3. The number of carboxylic acids is 1. The Kier molecular flexibility index (Phi) is 8.32. The van der Waals surface area contributed by atoms with E-state index in [1.165, 1.54) is 0 Å². The summed E-state index contributed by atoms with van der Waals surface area (Å²) in [5, 5.41) is 7.60. The van der Waals surface area contributed by atoms with Gasteiger partial charge in [0.05, 0.1) is 21.1 Å². The van der Waals surface area contributed by atoms with Crippen molar-refractivity contribution in [1.29, 1.82) is 0 Å². The second kappa shape index (κ2) is 7.54. The summed E-state index contributed by atoms with van der Waals surface area (Å²) in [6.45, 7) is 3.51. The van der Waals surface area contributed by atoms with Crippen molar-refractivity contribution in [3.63, 3.8) is 0 Å². The molecule has 0 saturated carbocycles. The van der Waals surface area contributed by atoms with E-state index in [0.717, 1.165) is 6.08 Å². The highest BCUT2D eigenvalue weighted by Crippen LogP contribution is 2.29. The number of carboxylic acid groups (broad SMARTS) is 1. The number of phosphoric ester groups is 1. The Bertz CT molecular complexity index is 266. The van der Waals surface area contributed by atoms with Crippen LogP contribution in [0.2, 0.25) is 0 Å². The van der Waals surface area contributed by atoms with Crippen molar-refractivity contribution in [2.45, 2.75) is 0 Å². The summed E-state index contributed by atoms with van der Waals surface area (Å²) < 4.78 is 14.8. The molecule has 0 aromatic heterocycles. The van der Waals surface area contributed by atoms with Gasteiger partial charge in [0.25, 0.3) is 7.82 Å². The van der Waals surface area contributed by atoms with Gasteiger partial charge < -0.3 is 23.9 Å². The van der Waals surface area contributed by atoms with E-state index in [4.69, 9.17) is 10.00 Å². The second-order valence-corrected chi connectivity index (χ2v) is 5.05. The molecular weight excluding hydrogens is 237 g/mol. The topological polar surface area (TPSA) is 107 Å². The zero-order chi connectivity index (χ0) is 13.4. The summed E-state index contributed by atoms with van der Waals surface area (Å²) in [6.07, 6.45) is 0.833. The quantitative estimate of drug-likeness (QED) is 0.387. The Hall–Kier alpha value is -0.720. The molecule has 0 saturated heterocycles. The van der Waals surface area contributed by atoms with Gasteiger partial charge in [0, 0.05) is 6.08 Å². The average Bonchev–Trinajstić information content (AvgIpc) is 2.00. The maximum absolute atomic E-state index is 10.1. The standard InChI is InChI=1S/C5H14NO4P.C3H4O2/c1-6(2,3)4-5-10-11(7,8)9;1-2-3(4)5/h4-5H2,1-3H3,(H-,7,8,9);2H,1H2,(H,4,5). The number of hydrogen-bond acceptors (Lipinski definition) is 4. The van der Waals surface area contributed by atoms with E-state index in [2.05, 4.69) is 11.1 Å². The van der Waals surface area contributed by atoms with Gasteiger partial charge in [-0.15, -0.1) is 0 Å². The molecule has 0 amide bonds. The fraction of sp³-hybridized carbons (Fsp3) is 0.625. The number of aliphatic carboxylic acids is 1. The van der Waals surface area contributed by atoms with Crippen LogP contribution in [-0.4, -0.2) is 54.7 Å². The van der Waals surface area contributed by atoms with Gasteiger partial charge in [-0.05, 0) is 0 Å². The lowest BCUT2D eigenvalue weighted by molar-refractivity contribution is -0.870. The van der Waals surface area contributed by atoms with E-state index < -0.39 is 13.8 Å². The number of quaternary nitrogens is 1. The van der Waals surface area contributed by atoms with Gasteiger partial charge in [0.15, 0.2) is 0 Å². The lowest BCUT2D eigenvalue weighted by atomic mass is 10.5. The molecule has 96 valence electrons. The van der Waals surface area contributed by atoms with Crippen molar-refractivity contribution >= 4 is 13.8 Å². The number of phosphoric acid groups is 1. The number of nitrogens with zero attached hydrogens (tertiary/aromatic N) is 1. The molecule has 0 aliphatic carbocycles. The third-order valence-corrected chi connectivity index (χ3v) is 1.70. The second-order valence-electron chi connectivity index (χ2n) is 3.86. The van der Waals surface area contributed by atoms with Crippen LogP contribution in [0.15, 0.2) is 12.7 Å². The van der Waals surface area contributed by atoms with Crippen molar-refractivity contribution < 1.29 is 33.3 Å². The van der Waals surface area contributed by atoms with Crippen LogP contribution in [0.25, 0.3) is 0 Å². The van der Waals surface area contributed by atoms with Crippen LogP contribution in [0.4, 0.5) is 0 Å². The van der Waals surface area contributed by atoms with Crippen LogP contribution >= 0.6 is 7.82 Å². The van der Waals surface area contributed by atoms with Gasteiger partial charge in [-0.25, -0.2) is 4.79 Å². The molecule has 7 nitrogen and oxygen atoms in total. The smallest absolute Gasteiger partial charge is 0.327 e. The molecule has 1 atom stereocenters. The van der Waals surface area contributed by atoms with Crippen molar-refractivity contribution in [2.75, 3.05) is 34.3 Å². The maximum Gasteiger partial charge on any atom is 0.327 e. The van der Waals surface area contributed by atoms with E-state index in [-0.39, 0.29) is 6.61 Å². The Morgan fingerprint density at radius 2 is 1.94 bits per heavy atom. The Morgan fingerprint density at radius 1 is 1.56 bits per heavy atom.